The van der Waals surface area contributed by atoms with Crippen LogP contribution in [0.5, 0.6) is 11.5 Å². The van der Waals surface area contributed by atoms with Crippen molar-refractivity contribution in [2.24, 2.45) is 0 Å². The van der Waals surface area contributed by atoms with Crippen LogP contribution in [-0.2, 0) is 6.54 Å². The Morgan fingerprint density at radius 3 is 2.84 bits per heavy atom. The molecule has 0 spiro atoms. The fourth-order valence-corrected chi connectivity index (χ4v) is 2.86. The van der Waals surface area contributed by atoms with Gasteiger partial charge in [-0.25, -0.2) is 0 Å². The third-order valence-electron chi connectivity index (χ3n) is 3.26. The van der Waals surface area contributed by atoms with Gasteiger partial charge in [0.2, 0.25) is 0 Å². The molecule has 0 radical (unpaired) electrons. The fraction of sp³-hybridized carbons (Fsp3) is 0.333. The first-order valence-corrected chi connectivity index (χ1v) is 7.41. The zero-order valence-corrected chi connectivity index (χ0v) is 11.7. The smallest absolute Gasteiger partial charge is 0.161 e. The molecule has 3 nitrogen and oxygen atoms in total. The lowest BCUT2D eigenvalue weighted by molar-refractivity contribution is 0.171. The molecule has 1 N–H and O–H groups in total. The molecular formula is C15H17NO2S. The Balaban J connectivity index is 1.64. The van der Waals surface area contributed by atoms with Crippen LogP contribution in [0.4, 0.5) is 0 Å². The Bertz CT molecular complexity index is 539. The molecule has 0 saturated heterocycles. The van der Waals surface area contributed by atoms with E-state index in [1.165, 1.54) is 11.1 Å². The Hall–Kier alpha value is -1.52. The van der Waals surface area contributed by atoms with E-state index < -0.39 is 0 Å². The Morgan fingerprint density at radius 2 is 2.05 bits per heavy atom. The summed E-state index contributed by atoms with van der Waals surface area (Å²) in [6.45, 7) is 4.28. The summed E-state index contributed by atoms with van der Waals surface area (Å²) in [5.74, 6) is 1.70. The van der Waals surface area contributed by atoms with E-state index in [0.29, 0.717) is 19.3 Å². The average Bonchev–Trinajstić information content (AvgIpc) is 2.99. The highest BCUT2D eigenvalue weighted by atomic mass is 32.1. The number of fused-ring (bicyclic) bond motifs is 1. The van der Waals surface area contributed by atoms with Gasteiger partial charge < -0.3 is 14.8 Å². The second-order valence-corrected chi connectivity index (χ2v) is 5.42. The molecule has 1 unspecified atom stereocenters. The maximum Gasteiger partial charge on any atom is 0.161 e. The molecule has 1 aliphatic heterocycles. The van der Waals surface area contributed by atoms with Gasteiger partial charge in [0, 0.05) is 12.6 Å². The summed E-state index contributed by atoms with van der Waals surface area (Å²) in [6.07, 6.45) is 0. The summed E-state index contributed by atoms with van der Waals surface area (Å²) in [6, 6.07) is 8.65. The van der Waals surface area contributed by atoms with E-state index in [4.69, 9.17) is 9.47 Å². The minimum atomic E-state index is 0.361. The summed E-state index contributed by atoms with van der Waals surface area (Å²) < 4.78 is 11.1. The minimum absolute atomic E-state index is 0.361. The van der Waals surface area contributed by atoms with Crippen molar-refractivity contribution in [1.82, 2.24) is 5.32 Å². The summed E-state index contributed by atoms with van der Waals surface area (Å²) in [7, 11) is 0. The number of ether oxygens (including phenoxy) is 2. The van der Waals surface area contributed by atoms with Crippen LogP contribution in [0.1, 0.15) is 24.1 Å². The van der Waals surface area contributed by atoms with Crippen LogP contribution in [0.15, 0.2) is 35.0 Å². The highest BCUT2D eigenvalue weighted by molar-refractivity contribution is 7.07. The molecule has 1 aromatic heterocycles. The number of thiophene rings is 1. The SMILES string of the molecule is CC(NCc1ccc2c(c1)OCCO2)c1ccsc1. The van der Waals surface area contributed by atoms with Crippen LogP contribution in [0.2, 0.25) is 0 Å². The molecule has 1 aliphatic rings. The van der Waals surface area contributed by atoms with E-state index in [1.807, 2.05) is 6.07 Å². The van der Waals surface area contributed by atoms with Crippen molar-refractivity contribution in [3.05, 3.63) is 46.2 Å². The lowest BCUT2D eigenvalue weighted by Gasteiger charge is -2.19. The Morgan fingerprint density at radius 1 is 1.21 bits per heavy atom. The average molecular weight is 275 g/mol. The molecule has 1 atom stereocenters. The highest BCUT2D eigenvalue weighted by Gasteiger charge is 2.12. The first-order chi connectivity index (χ1) is 9.33. The van der Waals surface area contributed by atoms with Crippen molar-refractivity contribution in [1.29, 1.82) is 0 Å². The van der Waals surface area contributed by atoms with Crippen molar-refractivity contribution in [2.75, 3.05) is 13.2 Å². The molecule has 2 heterocycles. The van der Waals surface area contributed by atoms with E-state index in [9.17, 15) is 0 Å². The van der Waals surface area contributed by atoms with Crippen LogP contribution >= 0.6 is 11.3 Å². The van der Waals surface area contributed by atoms with Crippen LogP contribution in [0, 0.1) is 0 Å². The number of hydrogen-bond acceptors (Lipinski definition) is 4. The molecule has 0 aliphatic carbocycles. The van der Waals surface area contributed by atoms with Crippen molar-refractivity contribution in [3.63, 3.8) is 0 Å². The van der Waals surface area contributed by atoms with Gasteiger partial charge in [0.05, 0.1) is 0 Å². The molecule has 1 aromatic carbocycles. The summed E-state index contributed by atoms with van der Waals surface area (Å²) in [4.78, 5) is 0. The number of benzene rings is 1. The quantitative estimate of drug-likeness (QED) is 0.928. The maximum atomic E-state index is 5.59. The number of hydrogen-bond donors (Lipinski definition) is 1. The van der Waals surface area contributed by atoms with Gasteiger partial charge in [-0.2, -0.15) is 11.3 Å². The number of nitrogens with one attached hydrogen (secondary N) is 1. The standard InChI is InChI=1S/C15H17NO2S/c1-11(13-4-7-19-10-13)16-9-12-2-3-14-15(8-12)18-6-5-17-14/h2-4,7-8,10-11,16H,5-6,9H2,1H3. The molecule has 19 heavy (non-hydrogen) atoms. The molecule has 0 amide bonds. The van der Waals surface area contributed by atoms with Gasteiger partial charge >= 0.3 is 0 Å². The monoisotopic (exact) mass is 275 g/mol. The third-order valence-corrected chi connectivity index (χ3v) is 3.96. The van der Waals surface area contributed by atoms with Gasteiger partial charge in [0.15, 0.2) is 11.5 Å². The molecule has 3 rings (SSSR count). The van der Waals surface area contributed by atoms with Crippen molar-refractivity contribution in [2.45, 2.75) is 19.5 Å². The van der Waals surface area contributed by atoms with Crippen LogP contribution in [0.25, 0.3) is 0 Å². The second-order valence-electron chi connectivity index (χ2n) is 4.64. The van der Waals surface area contributed by atoms with Crippen LogP contribution < -0.4 is 14.8 Å². The van der Waals surface area contributed by atoms with Gasteiger partial charge in [0.1, 0.15) is 13.2 Å². The number of rotatable bonds is 4. The summed E-state index contributed by atoms with van der Waals surface area (Å²) in [5, 5.41) is 7.81. The van der Waals surface area contributed by atoms with Gasteiger partial charge in [0.25, 0.3) is 0 Å². The third kappa shape index (κ3) is 2.91. The van der Waals surface area contributed by atoms with Gasteiger partial charge in [-0.3, -0.25) is 0 Å². The first kappa shape index (κ1) is 12.5. The van der Waals surface area contributed by atoms with Gasteiger partial charge in [-0.1, -0.05) is 6.07 Å². The maximum absolute atomic E-state index is 5.59. The van der Waals surface area contributed by atoms with Crippen LogP contribution in [0.3, 0.4) is 0 Å². The van der Waals surface area contributed by atoms with E-state index >= 15 is 0 Å². The molecule has 100 valence electrons. The molecule has 0 saturated carbocycles. The van der Waals surface area contributed by atoms with Crippen molar-refractivity contribution < 1.29 is 9.47 Å². The van der Waals surface area contributed by atoms with E-state index in [0.717, 1.165) is 18.0 Å². The fourth-order valence-electron chi connectivity index (χ4n) is 2.11. The summed E-state index contributed by atoms with van der Waals surface area (Å²) in [5.41, 5.74) is 2.55. The van der Waals surface area contributed by atoms with Gasteiger partial charge in [-0.15, -0.1) is 0 Å². The first-order valence-electron chi connectivity index (χ1n) is 6.47. The molecule has 0 bridgehead atoms. The highest BCUT2D eigenvalue weighted by Crippen LogP contribution is 2.30. The Labute approximate surface area is 117 Å². The minimum Gasteiger partial charge on any atom is -0.486 e. The van der Waals surface area contributed by atoms with Crippen molar-refractivity contribution >= 4 is 11.3 Å². The zero-order chi connectivity index (χ0) is 13.1. The topological polar surface area (TPSA) is 30.5 Å². The molecule has 0 fully saturated rings. The summed E-state index contributed by atoms with van der Waals surface area (Å²) >= 11 is 1.73. The Kier molecular flexibility index (Phi) is 3.71. The van der Waals surface area contributed by atoms with E-state index in [-0.39, 0.29) is 0 Å². The largest absolute Gasteiger partial charge is 0.486 e. The normalized spacial score (nSPS) is 15.2. The lowest BCUT2D eigenvalue weighted by atomic mass is 10.1. The van der Waals surface area contributed by atoms with E-state index in [1.54, 1.807) is 11.3 Å². The lowest BCUT2D eigenvalue weighted by Crippen LogP contribution is -2.18. The molecular weight excluding hydrogens is 258 g/mol. The predicted octanol–water partition coefficient (Wildman–Crippen LogP) is 3.37. The predicted molar refractivity (Wildman–Crippen MR) is 77.0 cm³/mol. The van der Waals surface area contributed by atoms with Crippen LogP contribution in [-0.4, -0.2) is 13.2 Å². The second kappa shape index (κ2) is 5.63. The van der Waals surface area contributed by atoms with Gasteiger partial charge in [-0.05, 0) is 47.0 Å². The molecule has 2 aromatic rings. The molecule has 4 heteroatoms. The zero-order valence-electron chi connectivity index (χ0n) is 10.9. The van der Waals surface area contributed by atoms with Crippen molar-refractivity contribution in [3.8, 4) is 11.5 Å². The van der Waals surface area contributed by atoms with E-state index in [2.05, 4.69) is 41.2 Å².